The molecule has 2 saturated heterocycles. The van der Waals surface area contributed by atoms with Crippen molar-refractivity contribution in [2.24, 2.45) is 5.73 Å². The summed E-state index contributed by atoms with van der Waals surface area (Å²) in [7, 11) is 4.13. The standard InChI is InChI=1S/C12H19N3.C10H20N2O2/c1-13-11-3-5-12(6-4-11)15-9-7-14(2)8-10-15;1-10(2,3)14-9(13)12-6-4-8(11)5-7-12/h3-6,13H,7-10H2,1-2H3;8H,4-7,11H2,1-3H3. The van der Waals surface area contributed by atoms with Crippen molar-refractivity contribution in [1.82, 2.24) is 9.80 Å². The summed E-state index contributed by atoms with van der Waals surface area (Å²) in [6, 6.07) is 8.89. The fraction of sp³-hybridized carbons (Fsp3) is 0.682. The summed E-state index contributed by atoms with van der Waals surface area (Å²) in [6.07, 6.45) is 1.53. The normalized spacial score (nSPS) is 18.7. The summed E-state index contributed by atoms with van der Waals surface area (Å²) in [5, 5.41) is 3.14. The van der Waals surface area contributed by atoms with Gasteiger partial charge in [-0.1, -0.05) is 0 Å². The molecule has 7 heteroatoms. The first kappa shape index (κ1) is 23.3. The van der Waals surface area contributed by atoms with E-state index >= 15 is 0 Å². The molecule has 2 aliphatic rings. The van der Waals surface area contributed by atoms with Crippen molar-refractivity contribution in [3.63, 3.8) is 0 Å². The van der Waals surface area contributed by atoms with Crippen molar-refractivity contribution < 1.29 is 9.53 Å². The second kappa shape index (κ2) is 10.7. The van der Waals surface area contributed by atoms with Gasteiger partial charge in [-0.15, -0.1) is 0 Å². The highest BCUT2D eigenvalue weighted by atomic mass is 16.6. The maximum atomic E-state index is 11.6. The maximum absolute atomic E-state index is 11.6. The highest BCUT2D eigenvalue weighted by Gasteiger charge is 2.25. The van der Waals surface area contributed by atoms with Gasteiger partial charge >= 0.3 is 6.09 Å². The molecule has 29 heavy (non-hydrogen) atoms. The third-order valence-electron chi connectivity index (χ3n) is 5.22. The van der Waals surface area contributed by atoms with Crippen LogP contribution >= 0.6 is 0 Å². The Balaban J connectivity index is 0.000000208. The number of nitrogens with one attached hydrogen (secondary N) is 1. The highest BCUT2D eigenvalue weighted by molar-refractivity contribution is 5.68. The van der Waals surface area contributed by atoms with E-state index in [0.717, 1.165) is 52.1 Å². The lowest BCUT2D eigenvalue weighted by molar-refractivity contribution is 0.0207. The molecule has 1 aromatic rings. The number of piperazine rings is 1. The van der Waals surface area contributed by atoms with E-state index in [1.165, 1.54) is 11.4 Å². The summed E-state index contributed by atoms with van der Waals surface area (Å²) in [5.41, 5.74) is 7.85. The number of carbonyl (C=O) groups excluding carboxylic acids is 1. The van der Waals surface area contributed by atoms with Gasteiger partial charge in [0.25, 0.3) is 0 Å². The molecular formula is C22H39N5O2. The molecule has 0 bridgehead atoms. The van der Waals surface area contributed by atoms with Crippen molar-refractivity contribution in [1.29, 1.82) is 0 Å². The van der Waals surface area contributed by atoms with Crippen LogP contribution in [0.15, 0.2) is 24.3 Å². The molecule has 3 rings (SSSR count). The molecule has 0 spiro atoms. The van der Waals surface area contributed by atoms with Crippen LogP contribution in [-0.2, 0) is 4.74 Å². The largest absolute Gasteiger partial charge is 0.444 e. The lowest BCUT2D eigenvalue weighted by atomic mass is 10.1. The van der Waals surface area contributed by atoms with Gasteiger partial charge in [-0.3, -0.25) is 0 Å². The number of nitrogens with two attached hydrogens (primary N) is 1. The van der Waals surface area contributed by atoms with E-state index in [9.17, 15) is 4.79 Å². The quantitative estimate of drug-likeness (QED) is 0.788. The second-order valence-corrected chi connectivity index (χ2v) is 8.89. The Morgan fingerprint density at radius 2 is 1.59 bits per heavy atom. The van der Waals surface area contributed by atoms with E-state index in [1.54, 1.807) is 4.90 Å². The van der Waals surface area contributed by atoms with E-state index in [0.29, 0.717) is 0 Å². The number of nitrogens with zero attached hydrogens (tertiary/aromatic N) is 3. The van der Waals surface area contributed by atoms with Crippen LogP contribution in [0.25, 0.3) is 0 Å². The van der Waals surface area contributed by atoms with Gasteiger partial charge in [0.05, 0.1) is 0 Å². The molecular weight excluding hydrogens is 366 g/mol. The molecule has 2 fully saturated rings. The molecule has 2 aliphatic heterocycles. The third-order valence-corrected chi connectivity index (χ3v) is 5.22. The number of rotatable bonds is 2. The number of likely N-dealkylation sites (tertiary alicyclic amines) is 1. The minimum atomic E-state index is -0.406. The summed E-state index contributed by atoms with van der Waals surface area (Å²) in [6.45, 7) is 11.7. The molecule has 0 atom stereocenters. The first-order valence-electron chi connectivity index (χ1n) is 10.6. The fourth-order valence-corrected chi connectivity index (χ4v) is 3.31. The van der Waals surface area contributed by atoms with Crippen LogP contribution < -0.4 is 16.0 Å². The Morgan fingerprint density at radius 1 is 1.03 bits per heavy atom. The predicted octanol–water partition coefficient (Wildman–Crippen LogP) is 2.82. The van der Waals surface area contributed by atoms with E-state index in [1.807, 2.05) is 27.8 Å². The molecule has 0 radical (unpaired) electrons. The number of amides is 1. The van der Waals surface area contributed by atoms with Gasteiger partial charge in [0.15, 0.2) is 0 Å². The molecule has 1 aromatic carbocycles. The molecule has 7 nitrogen and oxygen atoms in total. The van der Waals surface area contributed by atoms with Crippen LogP contribution in [0.2, 0.25) is 0 Å². The summed E-state index contributed by atoms with van der Waals surface area (Å²) in [5.74, 6) is 0. The van der Waals surface area contributed by atoms with Gasteiger partial charge < -0.3 is 30.5 Å². The zero-order valence-corrected chi connectivity index (χ0v) is 18.8. The number of likely N-dealkylation sites (N-methyl/N-ethyl adjacent to an activating group) is 1. The van der Waals surface area contributed by atoms with Gasteiger partial charge in [-0.25, -0.2) is 4.79 Å². The lowest BCUT2D eigenvalue weighted by Crippen LogP contribution is -2.44. The maximum Gasteiger partial charge on any atom is 0.410 e. The zero-order chi connectivity index (χ0) is 21.4. The summed E-state index contributed by atoms with van der Waals surface area (Å²) >= 11 is 0. The summed E-state index contributed by atoms with van der Waals surface area (Å²) < 4.78 is 5.26. The smallest absolute Gasteiger partial charge is 0.410 e. The van der Waals surface area contributed by atoms with Gasteiger partial charge in [-0.05, 0) is 64.9 Å². The first-order valence-corrected chi connectivity index (χ1v) is 10.6. The molecule has 0 unspecified atom stereocenters. The van der Waals surface area contributed by atoms with Crippen LogP contribution in [0, 0.1) is 0 Å². The van der Waals surface area contributed by atoms with Crippen LogP contribution in [0.1, 0.15) is 33.6 Å². The van der Waals surface area contributed by atoms with Crippen molar-refractivity contribution >= 4 is 17.5 Å². The molecule has 0 saturated carbocycles. The first-order chi connectivity index (χ1) is 13.7. The van der Waals surface area contributed by atoms with Gasteiger partial charge in [0.2, 0.25) is 0 Å². The number of piperidine rings is 1. The van der Waals surface area contributed by atoms with Crippen LogP contribution in [0.5, 0.6) is 0 Å². The number of hydrogen-bond acceptors (Lipinski definition) is 6. The zero-order valence-electron chi connectivity index (χ0n) is 18.8. The molecule has 0 aliphatic carbocycles. The monoisotopic (exact) mass is 405 g/mol. The van der Waals surface area contributed by atoms with Gasteiger partial charge in [0, 0.05) is 63.7 Å². The van der Waals surface area contributed by atoms with Crippen LogP contribution in [0.3, 0.4) is 0 Å². The molecule has 164 valence electrons. The number of hydrogen-bond donors (Lipinski definition) is 2. The predicted molar refractivity (Wildman–Crippen MR) is 121 cm³/mol. The third kappa shape index (κ3) is 8.11. The Kier molecular flexibility index (Phi) is 8.59. The average Bonchev–Trinajstić information content (AvgIpc) is 2.68. The van der Waals surface area contributed by atoms with Gasteiger partial charge in [0.1, 0.15) is 5.60 Å². The number of ether oxygens (including phenoxy) is 1. The Labute approximate surface area is 176 Å². The van der Waals surface area contributed by atoms with Crippen LogP contribution in [-0.4, -0.2) is 80.9 Å². The lowest BCUT2D eigenvalue weighted by Gasteiger charge is -2.34. The topological polar surface area (TPSA) is 74.1 Å². The van der Waals surface area contributed by atoms with Crippen molar-refractivity contribution in [3.05, 3.63) is 24.3 Å². The molecule has 3 N–H and O–H groups in total. The molecule has 2 heterocycles. The minimum absolute atomic E-state index is 0.218. The summed E-state index contributed by atoms with van der Waals surface area (Å²) in [4.78, 5) is 18.1. The number of carbonyl (C=O) groups is 1. The number of anilines is 2. The SMILES string of the molecule is CC(C)(C)OC(=O)N1CCC(N)CC1.CNc1ccc(N2CCN(C)CC2)cc1. The Hall–Kier alpha value is -1.99. The van der Waals surface area contributed by atoms with Crippen molar-refractivity contribution in [2.45, 2.75) is 45.3 Å². The fourth-order valence-electron chi connectivity index (χ4n) is 3.31. The van der Waals surface area contributed by atoms with E-state index < -0.39 is 5.60 Å². The van der Waals surface area contributed by atoms with E-state index in [-0.39, 0.29) is 12.1 Å². The van der Waals surface area contributed by atoms with E-state index in [4.69, 9.17) is 10.5 Å². The Morgan fingerprint density at radius 3 is 2.07 bits per heavy atom. The molecule has 1 amide bonds. The van der Waals surface area contributed by atoms with Crippen molar-refractivity contribution in [3.8, 4) is 0 Å². The van der Waals surface area contributed by atoms with E-state index in [2.05, 4.69) is 46.4 Å². The van der Waals surface area contributed by atoms with Gasteiger partial charge in [-0.2, -0.15) is 0 Å². The minimum Gasteiger partial charge on any atom is -0.444 e. The van der Waals surface area contributed by atoms with Crippen LogP contribution in [0.4, 0.5) is 16.2 Å². The number of benzene rings is 1. The highest BCUT2D eigenvalue weighted by Crippen LogP contribution is 2.18. The molecule has 0 aromatic heterocycles. The second-order valence-electron chi connectivity index (χ2n) is 8.89. The van der Waals surface area contributed by atoms with Crippen molar-refractivity contribution in [2.75, 3.05) is 63.6 Å². The average molecular weight is 406 g/mol. The Bertz CT molecular complexity index is 613.